The molecule has 0 radical (unpaired) electrons. The van der Waals surface area contributed by atoms with Crippen LogP contribution in [-0.2, 0) is 4.79 Å². The second-order valence-electron chi connectivity index (χ2n) is 7.57. The highest BCUT2D eigenvalue weighted by atomic mass is 16.5. The number of nitrogens with one attached hydrogen (secondary N) is 1. The Labute approximate surface area is 175 Å². The molecule has 1 atom stereocenters. The van der Waals surface area contributed by atoms with Crippen LogP contribution < -0.4 is 15.0 Å². The first-order valence-corrected chi connectivity index (χ1v) is 10.5. The lowest BCUT2D eigenvalue weighted by atomic mass is 10.1. The number of carbonyl (C=O) groups is 2. The molecule has 0 unspecified atom stereocenters. The maximum atomic E-state index is 12.4. The van der Waals surface area contributed by atoms with Crippen LogP contribution in [0.25, 0.3) is 11.4 Å². The van der Waals surface area contributed by atoms with Crippen molar-refractivity contribution in [2.75, 3.05) is 37.7 Å². The number of ether oxygens (including phenoxy) is 1. The van der Waals surface area contributed by atoms with Crippen molar-refractivity contribution in [1.29, 1.82) is 0 Å². The fourth-order valence-corrected chi connectivity index (χ4v) is 4.07. The van der Waals surface area contributed by atoms with Crippen molar-refractivity contribution < 1.29 is 18.8 Å². The van der Waals surface area contributed by atoms with Crippen molar-refractivity contribution in [2.24, 2.45) is 0 Å². The molecular formula is C21H27N5O4. The Balaban J connectivity index is 1.45. The van der Waals surface area contributed by atoms with Crippen LogP contribution >= 0.6 is 0 Å². The molecule has 2 amide bonds. The molecule has 1 aromatic carbocycles. The van der Waals surface area contributed by atoms with E-state index in [0.29, 0.717) is 36.3 Å². The maximum absolute atomic E-state index is 12.4. The predicted molar refractivity (Wildman–Crippen MR) is 110 cm³/mol. The molecule has 2 aliphatic heterocycles. The third-order valence-corrected chi connectivity index (χ3v) is 5.63. The molecule has 3 heterocycles. The van der Waals surface area contributed by atoms with E-state index >= 15 is 0 Å². The van der Waals surface area contributed by atoms with E-state index in [1.807, 2.05) is 13.0 Å². The van der Waals surface area contributed by atoms with Gasteiger partial charge in [0.1, 0.15) is 5.75 Å². The molecule has 160 valence electrons. The van der Waals surface area contributed by atoms with E-state index in [-0.39, 0.29) is 24.3 Å². The van der Waals surface area contributed by atoms with Crippen molar-refractivity contribution in [3.05, 3.63) is 24.1 Å². The van der Waals surface area contributed by atoms with E-state index < -0.39 is 0 Å². The first-order valence-electron chi connectivity index (χ1n) is 10.5. The quantitative estimate of drug-likeness (QED) is 0.742. The number of hydrogen-bond donors (Lipinski definition) is 1. The number of likely N-dealkylation sites (tertiary alicyclic amines) is 1. The van der Waals surface area contributed by atoms with Gasteiger partial charge in [0.2, 0.25) is 5.82 Å². The summed E-state index contributed by atoms with van der Waals surface area (Å²) >= 11 is 0. The normalized spacial score (nSPS) is 18.9. The van der Waals surface area contributed by atoms with Gasteiger partial charge in [-0.3, -0.25) is 14.5 Å². The standard InChI is InChI=1S/C21H27N5O4/c1-3-9-26-16-8-7-14(11-17(16)29-13-18(26)27)19-23-21(30-24-19)20(28)22-12-15-6-5-10-25(15)4-2/h7-8,11,15H,3-6,9-10,12-13H2,1-2H3,(H,22,28)/t15-/m1/s1. The summed E-state index contributed by atoms with van der Waals surface area (Å²) in [6.45, 7) is 7.41. The second kappa shape index (κ2) is 8.83. The van der Waals surface area contributed by atoms with Gasteiger partial charge in [-0.1, -0.05) is 19.0 Å². The number of anilines is 1. The molecule has 0 spiro atoms. The Morgan fingerprint density at radius 1 is 1.33 bits per heavy atom. The highest BCUT2D eigenvalue weighted by Gasteiger charge is 2.27. The molecule has 2 aliphatic rings. The fourth-order valence-electron chi connectivity index (χ4n) is 4.07. The number of carbonyl (C=O) groups excluding carboxylic acids is 2. The number of aromatic nitrogens is 2. The highest BCUT2D eigenvalue weighted by molar-refractivity contribution is 5.98. The van der Waals surface area contributed by atoms with E-state index in [1.54, 1.807) is 17.0 Å². The number of nitrogens with zero attached hydrogens (tertiary/aromatic N) is 4. The van der Waals surface area contributed by atoms with Gasteiger partial charge < -0.3 is 19.5 Å². The molecule has 1 saturated heterocycles. The summed E-state index contributed by atoms with van der Waals surface area (Å²) in [5, 5.41) is 6.84. The molecule has 0 bridgehead atoms. The number of rotatable bonds is 7. The van der Waals surface area contributed by atoms with Crippen molar-refractivity contribution in [2.45, 2.75) is 39.2 Å². The topological polar surface area (TPSA) is 101 Å². The zero-order chi connectivity index (χ0) is 21.1. The van der Waals surface area contributed by atoms with Crippen LogP contribution in [0.15, 0.2) is 22.7 Å². The molecule has 9 nitrogen and oxygen atoms in total. The molecular weight excluding hydrogens is 386 g/mol. The number of likely N-dealkylation sites (N-methyl/N-ethyl adjacent to an activating group) is 1. The Morgan fingerprint density at radius 2 is 2.20 bits per heavy atom. The van der Waals surface area contributed by atoms with Gasteiger partial charge in [0, 0.05) is 24.7 Å². The molecule has 1 N–H and O–H groups in total. The summed E-state index contributed by atoms with van der Waals surface area (Å²) in [5.74, 6) is 0.413. The van der Waals surface area contributed by atoms with Crippen molar-refractivity contribution in [1.82, 2.24) is 20.4 Å². The molecule has 0 saturated carbocycles. The minimum absolute atomic E-state index is 0.00625. The summed E-state index contributed by atoms with van der Waals surface area (Å²) in [7, 11) is 0. The molecule has 30 heavy (non-hydrogen) atoms. The summed E-state index contributed by atoms with van der Waals surface area (Å²) in [4.78, 5) is 32.8. The van der Waals surface area contributed by atoms with Crippen molar-refractivity contribution >= 4 is 17.5 Å². The molecule has 0 aliphatic carbocycles. The molecule has 2 aromatic rings. The lowest BCUT2D eigenvalue weighted by Gasteiger charge is -2.29. The van der Waals surface area contributed by atoms with Gasteiger partial charge in [0.25, 0.3) is 5.91 Å². The average molecular weight is 413 g/mol. The van der Waals surface area contributed by atoms with E-state index in [2.05, 4.69) is 27.3 Å². The molecule has 9 heteroatoms. The van der Waals surface area contributed by atoms with Crippen LogP contribution in [0.4, 0.5) is 5.69 Å². The van der Waals surface area contributed by atoms with Gasteiger partial charge in [-0.25, -0.2) is 0 Å². The van der Waals surface area contributed by atoms with Gasteiger partial charge in [-0.15, -0.1) is 0 Å². The van der Waals surface area contributed by atoms with E-state index in [0.717, 1.165) is 38.0 Å². The largest absolute Gasteiger partial charge is 0.482 e. The zero-order valence-corrected chi connectivity index (χ0v) is 17.4. The fraction of sp³-hybridized carbons (Fsp3) is 0.524. The van der Waals surface area contributed by atoms with Gasteiger partial charge in [0.05, 0.1) is 5.69 Å². The third-order valence-electron chi connectivity index (χ3n) is 5.63. The number of hydrogen-bond acceptors (Lipinski definition) is 7. The van der Waals surface area contributed by atoms with Gasteiger partial charge >= 0.3 is 11.8 Å². The summed E-state index contributed by atoms with van der Waals surface area (Å²) in [6.07, 6.45) is 3.09. The lowest BCUT2D eigenvalue weighted by molar-refractivity contribution is -0.121. The average Bonchev–Trinajstić information content (AvgIpc) is 3.43. The van der Waals surface area contributed by atoms with Gasteiger partial charge in [-0.05, 0) is 50.6 Å². The predicted octanol–water partition coefficient (Wildman–Crippen LogP) is 2.09. The molecule has 1 fully saturated rings. The summed E-state index contributed by atoms with van der Waals surface area (Å²) in [5.41, 5.74) is 1.39. The van der Waals surface area contributed by atoms with E-state index in [9.17, 15) is 9.59 Å². The SMILES string of the molecule is CCCN1C(=O)COc2cc(-c3noc(C(=O)NC[C@H]4CCCN4CC)n3)ccc21. The Hall–Kier alpha value is -2.94. The third kappa shape index (κ3) is 4.02. The van der Waals surface area contributed by atoms with Gasteiger partial charge in [0.15, 0.2) is 6.61 Å². The van der Waals surface area contributed by atoms with Crippen LogP contribution in [0.5, 0.6) is 5.75 Å². The van der Waals surface area contributed by atoms with Crippen molar-refractivity contribution in [3.8, 4) is 17.1 Å². The minimum Gasteiger partial charge on any atom is -0.482 e. The van der Waals surface area contributed by atoms with Crippen molar-refractivity contribution in [3.63, 3.8) is 0 Å². The Morgan fingerprint density at radius 3 is 3.00 bits per heavy atom. The summed E-state index contributed by atoms with van der Waals surface area (Å²) in [6, 6.07) is 5.74. The number of amides is 2. The highest BCUT2D eigenvalue weighted by Crippen LogP contribution is 2.35. The zero-order valence-electron chi connectivity index (χ0n) is 17.4. The van der Waals surface area contributed by atoms with E-state index in [1.165, 1.54) is 0 Å². The van der Waals surface area contributed by atoms with Gasteiger partial charge in [-0.2, -0.15) is 4.98 Å². The van der Waals surface area contributed by atoms with Crippen LogP contribution in [0.2, 0.25) is 0 Å². The lowest BCUT2D eigenvalue weighted by Crippen LogP contribution is -2.40. The molecule has 1 aromatic heterocycles. The first-order chi connectivity index (χ1) is 14.6. The smallest absolute Gasteiger partial charge is 0.316 e. The summed E-state index contributed by atoms with van der Waals surface area (Å²) < 4.78 is 10.8. The Bertz CT molecular complexity index is 928. The van der Waals surface area contributed by atoms with E-state index in [4.69, 9.17) is 9.26 Å². The van der Waals surface area contributed by atoms with Crippen LogP contribution in [0.3, 0.4) is 0 Å². The number of fused-ring (bicyclic) bond motifs is 1. The monoisotopic (exact) mass is 413 g/mol. The molecule has 4 rings (SSSR count). The van der Waals surface area contributed by atoms with Crippen LogP contribution in [0.1, 0.15) is 43.8 Å². The first kappa shape index (κ1) is 20.3. The maximum Gasteiger partial charge on any atom is 0.316 e. The second-order valence-corrected chi connectivity index (χ2v) is 7.57. The van der Waals surface area contributed by atoms with Crippen LogP contribution in [-0.4, -0.2) is 65.7 Å². The Kier molecular flexibility index (Phi) is 5.98. The number of benzene rings is 1. The van der Waals surface area contributed by atoms with Crippen LogP contribution in [0, 0.1) is 0 Å². The minimum atomic E-state index is -0.370.